The van der Waals surface area contributed by atoms with E-state index in [9.17, 15) is 13.2 Å². The summed E-state index contributed by atoms with van der Waals surface area (Å²) >= 11 is 0. The average molecular weight is 405 g/mol. The molecule has 0 saturated carbocycles. The van der Waals surface area contributed by atoms with E-state index in [1.54, 1.807) is 38.1 Å². The van der Waals surface area contributed by atoms with Crippen molar-refractivity contribution in [3.05, 3.63) is 59.2 Å². The van der Waals surface area contributed by atoms with E-state index in [0.717, 1.165) is 16.9 Å². The number of ether oxygens (including phenoxy) is 1. The maximum Gasteiger partial charge on any atom is 0.251 e. The van der Waals surface area contributed by atoms with Crippen LogP contribution in [-0.2, 0) is 10.0 Å². The third-order valence-electron chi connectivity index (χ3n) is 4.26. The van der Waals surface area contributed by atoms with Crippen LogP contribution in [0.4, 0.5) is 5.69 Å². The van der Waals surface area contributed by atoms with Gasteiger partial charge in [-0.15, -0.1) is 0 Å². The Bertz CT molecular complexity index is 888. The minimum atomic E-state index is -3.33. The second-order valence-electron chi connectivity index (χ2n) is 6.54. The van der Waals surface area contributed by atoms with E-state index < -0.39 is 10.0 Å². The lowest BCUT2D eigenvalue weighted by atomic mass is 10.1. The van der Waals surface area contributed by atoms with Crippen LogP contribution in [-0.4, -0.2) is 39.8 Å². The molecule has 1 amide bonds. The number of aryl methyl sites for hydroxylation is 2. The molecule has 0 heterocycles. The molecule has 0 aromatic heterocycles. The predicted octanol–water partition coefficient (Wildman–Crippen LogP) is 3.29. The van der Waals surface area contributed by atoms with Crippen LogP contribution in [0.2, 0.25) is 0 Å². The third kappa shape index (κ3) is 5.73. The number of nitrogens with zero attached hydrogens (tertiary/aromatic N) is 1. The van der Waals surface area contributed by atoms with Gasteiger partial charge in [-0.3, -0.25) is 9.10 Å². The van der Waals surface area contributed by atoms with Crippen LogP contribution >= 0.6 is 0 Å². The van der Waals surface area contributed by atoms with Crippen LogP contribution in [0.15, 0.2) is 42.5 Å². The monoisotopic (exact) mass is 404 g/mol. The summed E-state index contributed by atoms with van der Waals surface area (Å²) in [6, 6.07) is 12.5. The summed E-state index contributed by atoms with van der Waals surface area (Å²) in [5.74, 6) is 0.591. The molecule has 0 aliphatic heterocycles. The summed E-state index contributed by atoms with van der Waals surface area (Å²) in [7, 11) is -3.33. The Morgan fingerprint density at radius 2 is 1.64 bits per heavy atom. The van der Waals surface area contributed by atoms with E-state index >= 15 is 0 Å². The van der Waals surface area contributed by atoms with Crippen LogP contribution in [0, 0.1) is 13.8 Å². The Labute approximate surface area is 167 Å². The normalized spacial score (nSPS) is 11.1. The van der Waals surface area contributed by atoms with Crippen molar-refractivity contribution < 1.29 is 17.9 Å². The fraction of sp³-hybridized carbons (Fsp3) is 0.381. The first-order valence-electron chi connectivity index (χ1n) is 9.36. The van der Waals surface area contributed by atoms with Crippen molar-refractivity contribution in [1.29, 1.82) is 0 Å². The van der Waals surface area contributed by atoms with E-state index in [-0.39, 0.29) is 11.7 Å². The fourth-order valence-corrected chi connectivity index (χ4v) is 4.07. The number of hydrogen-bond donors (Lipinski definition) is 1. The number of carbonyl (C=O) groups excluding carboxylic acids is 1. The summed E-state index contributed by atoms with van der Waals surface area (Å²) < 4.78 is 31.3. The lowest BCUT2D eigenvalue weighted by Gasteiger charge is -2.22. The average Bonchev–Trinajstić information content (AvgIpc) is 2.65. The molecular weight excluding hydrogens is 376 g/mol. The van der Waals surface area contributed by atoms with Crippen molar-refractivity contribution in [2.75, 3.05) is 29.8 Å². The van der Waals surface area contributed by atoms with E-state index in [0.29, 0.717) is 30.9 Å². The van der Waals surface area contributed by atoms with Crippen molar-refractivity contribution in [3.8, 4) is 5.75 Å². The van der Waals surface area contributed by atoms with E-state index in [1.807, 2.05) is 26.0 Å². The number of anilines is 1. The zero-order chi connectivity index (χ0) is 20.7. The highest BCUT2D eigenvalue weighted by molar-refractivity contribution is 7.92. The second kappa shape index (κ2) is 9.59. The van der Waals surface area contributed by atoms with Gasteiger partial charge in [-0.1, -0.05) is 6.07 Å². The number of benzene rings is 2. The molecular formula is C21H28N2O4S. The smallest absolute Gasteiger partial charge is 0.251 e. The Morgan fingerprint density at radius 1 is 1.04 bits per heavy atom. The van der Waals surface area contributed by atoms with Gasteiger partial charge in [0.2, 0.25) is 10.0 Å². The van der Waals surface area contributed by atoms with Gasteiger partial charge in [0.05, 0.1) is 18.0 Å². The van der Waals surface area contributed by atoms with E-state index in [4.69, 9.17) is 4.74 Å². The molecule has 6 nitrogen and oxygen atoms in total. The molecule has 0 radical (unpaired) electrons. The highest BCUT2D eigenvalue weighted by atomic mass is 32.2. The van der Waals surface area contributed by atoms with Crippen molar-refractivity contribution >= 4 is 21.6 Å². The molecule has 28 heavy (non-hydrogen) atoms. The molecule has 0 spiro atoms. The fourth-order valence-electron chi connectivity index (χ4n) is 2.93. The SMILES string of the molecule is CCN(c1ccc(C(=O)NCCOc2cc(C)cc(C)c2)cc1)S(=O)(=O)CC. The van der Waals surface area contributed by atoms with Crippen molar-refractivity contribution in [3.63, 3.8) is 0 Å². The molecule has 2 aromatic carbocycles. The first-order chi connectivity index (χ1) is 13.3. The second-order valence-corrected chi connectivity index (χ2v) is 8.72. The van der Waals surface area contributed by atoms with Gasteiger partial charge in [-0.05, 0) is 75.2 Å². The minimum absolute atomic E-state index is 0.0313. The molecule has 0 atom stereocenters. The molecule has 2 rings (SSSR count). The summed E-state index contributed by atoms with van der Waals surface area (Å²) in [6.07, 6.45) is 0. The standard InChI is InChI=1S/C21H28N2O4S/c1-5-23(28(25,26)6-2)19-9-7-18(8-10-19)21(24)22-11-12-27-20-14-16(3)13-17(4)15-20/h7-10,13-15H,5-6,11-12H2,1-4H3,(H,22,24). The first kappa shape index (κ1) is 21.8. The van der Waals surface area contributed by atoms with Crippen LogP contribution in [0.5, 0.6) is 5.75 Å². The van der Waals surface area contributed by atoms with Crippen molar-refractivity contribution in [2.45, 2.75) is 27.7 Å². The summed E-state index contributed by atoms with van der Waals surface area (Å²) in [6.45, 7) is 8.50. The van der Waals surface area contributed by atoms with Crippen LogP contribution in [0.1, 0.15) is 35.3 Å². The van der Waals surface area contributed by atoms with Crippen molar-refractivity contribution in [2.24, 2.45) is 0 Å². The van der Waals surface area contributed by atoms with Gasteiger partial charge in [0.15, 0.2) is 0 Å². The largest absolute Gasteiger partial charge is 0.492 e. The Balaban J connectivity index is 1.90. The molecule has 1 N–H and O–H groups in total. The summed E-state index contributed by atoms with van der Waals surface area (Å²) in [4.78, 5) is 12.3. The molecule has 0 bridgehead atoms. The summed E-state index contributed by atoms with van der Waals surface area (Å²) in [5.41, 5.74) is 3.29. The lowest BCUT2D eigenvalue weighted by Crippen LogP contribution is -2.32. The minimum Gasteiger partial charge on any atom is -0.492 e. The van der Waals surface area contributed by atoms with Crippen molar-refractivity contribution in [1.82, 2.24) is 5.32 Å². The lowest BCUT2D eigenvalue weighted by molar-refractivity contribution is 0.0947. The van der Waals surface area contributed by atoms with E-state index in [2.05, 4.69) is 11.4 Å². The molecule has 2 aromatic rings. The molecule has 0 fully saturated rings. The Morgan fingerprint density at radius 3 is 2.18 bits per heavy atom. The van der Waals surface area contributed by atoms with Gasteiger partial charge in [-0.2, -0.15) is 0 Å². The number of nitrogens with one attached hydrogen (secondary N) is 1. The van der Waals surface area contributed by atoms with Gasteiger partial charge in [-0.25, -0.2) is 8.42 Å². The number of amides is 1. The van der Waals surface area contributed by atoms with E-state index in [1.165, 1.54) is 4.31 Å². The third-order valence-corrected chi connectivity index (χ3v) is 6.13. The molecule has 0 unspecified atom stereocenters. The first-order valence-corrected chi connectivity index (χ1v) is 11.0. The topological polar surface area (TPSA) is 75.7 Å². The Kier molecular flexibility index (Phi) is 7.45. The van der Waals surface area contributed by atoms with Gasteiger partial charge < -0.3 is 10.1 Å². The predicted molar refractivity (Wildman–Crippen MR) is 113 cm³/mol. The molecule has 152 valence electrons. The van der Waals surface area contributed by atoms with Gasteiger partial charge in [0.25, 0.3) is 5.91 Å². The quantitative estimate of drug-likeness (QED) is 0.651. The number of rotatable bonds is 9. The maximum absolute atomic E-state index is 12.3. The number of hydrogen-bond acceptors (Lipinski definition) is 4. The molecule has 0 aliphatic carbocycles. The molecule has 7 heteroatoms. The van der Waals surface area contributed by atoms with Gasteiger partial charge >= 0.3 is 0 Å². The Hall–Kier alpha value is -2.54. The van der Waals surface area contributed by atoms with Crippen LogP contribution in [0.3, 0.4) is 0 Å². The number of sulfonamides is 1. The zero-order valence-electron chi connectivity index (χ0n) is 16.9. The molecule has 0 saturated heterocycles. The van der Waals surface area contributed by atoms with Crippen LogP contribution < -0.4 is 14.4 Å². The van der Waals surface area contributed by atoms with Gasteiger partial charge in [0, 0.05) is 12.1 Å². The highest BCUT2D eigenvalue weighted by Gasteiger charge is 2.18. The molecule has 0 aliphatic rings. The maximum atomic E-state index is 12.3. The summed E-state index contributed by atoms with van der Waals surface area (Å²) in [5, 5.41) is 2.81. The number of carbonyl (C=O) groups is 1. The zero-order valence-corrected chi connectivity index (χ0v) is 17.7. The highest BCUT2D eigenvalue weighted by Crippen LogP contribution is 2.19. The van der Waals surface area contributed by atoms with Crippen LogP contribution in [0.25, 0.3) is 0 Å². The van der Waals surface area contributed by atoms with Gasteiger partial charge in [0.1, 0.15) is 12.4 Å².